The van der Waals surface area contributed by atoms with Gasteiger partial charge in [-0.05, 0) is 44.9 Å². The van der Waals surface area contributed by atoms with Gasteiger partial charge in [0.1, 0.15) is 0 Å². The molecule has 0 heterocycles. The van der Waals surface area contributed by atoms with Crippen LogP contribution in [0.2, 0.25) is 0 Å². The first-order valence-corrected chi connectivity index (χ1v) is 7.45. The molecule has 102 valence electrons. The van der Waals surface area contributed by atoms with Crippen LogP contribution in [0.15, 0.2) is 29.2 Å². The van der Waals surface area contributed by atoms with E-state index in [1.165, 1.54) is 10.5 Å². The van der Waals surface area contributed by atoms with Gasteiger partial charge in [-0.25, -0.2) is 0 Å². The van der Waals surface area contributed by atoms with Crippen LogP contribution in [0.1, 0.15) is 32.8 Å². The Kier molecular flexibility index (Phi) is 6.76. The summed E-state index contributed by atoms with van der Waals surface area (Å²) in [5, 5.41) is 3.51. The van der Waals surface area contributed by atoms with Crippen LogP contribution in [-0.4, -0.2) is 25.0 Å². The van der Waals surface area contributed by atoms with E-state index in [1.807, 2.05) is 11.8 Å². The van der Waals surface area contributed by atoms with E-state index >= 15 is 0 Å². The predicted octanol–water partition coefficient (Wildman–Crippen LogP) is 3.70. The molecule has 0 atom stereocenters. The van der Waals surface area contributed by atoms with Gasteiger partial charge in [0.05, 0.1) is 0 Å². The van der Waals surface area contributed by atoms with Crippen molar-refractivity contribution in [2.75, 3.05) is 19.5 Å². The van der Waals surface area contributed by atoms with Crippen LogP contribution in [0, 0.1) is 0 Å². The fourth-order valence-corrected chi connectivity index (χ4v) is 2.41. The highest BCUT2D eigenvalue weighted by molar-refractivity contribution is 7.99. The van der Waals surface area contributed by atoms with Crippen LogP contribution in [0.3, 0.4) is 0 Å². The Bertz CT molecular complexity index is 347. The second kappa shape index (κ2) is 7.82. The molecule has 0 radical (unpaired) electrons. The van der Waals surface area contributed by atoms with Crippen molar-refractivity contribution >= 4 is 11.8 Å². The molecule has 0 aliphatic heterocycles. The van der Waals surface area contributed by atoms with E-state index in [4.69, 9.17) is 4.74 Å². The summed E-state index contributed by atoms with van der Waals surface area (Å²) in [6.45, 7) is 8.34. The Hall–Kier alpha value is -0.510. The molecule has 1 aromatic carbocycles. The first-order valence-electron chi connectivity index (χ1n) is 6.47. The summed E-state index contributed by atoms with van der Waals surface area (Å²) in [6, 6.07) is 8.77. The van der Waals surface area contributed by atoms with Gasteiger partial charge in [0, 0.05) is 36.4 Å². The maximum Gasteiger partial charge on any atom is 0.0470 e. The quantitative estimate of drug-likeness (QED) is 0.601. The number of methoxy groups -OCH3 is 1. The van der Waals surface area contributed by atoms with Gasteiger partial charge in [0.15, 0.2) is 0 Å². The summed E-state index contributed by atoms with van der Waals surface area (Å²) >= 11 is 1.90. The summed E-state index contributed by atoms with van der Waals surface area (Å²) in [5.74, 6) is 1.12. The van der Waals surface area contributed by atoms with E-state index in [-0.39, 0.29) is 5.54 Å². The Morgan fingerprint density at radius 2 is 2.06 bits per heavy atom. The third kappa shape index (κ3) is 7.04. The van der Waals surface area contributed by atoms with E-state index in [9.17, 15) is 0 Å². The average molecular weight is 267 g/mol. The lowest BCUT2D eigenvalue weighted by Gasteiger charge is -2.20. The summed E-state index contributed by atoms with van der Waals surface area (Å²) in [7, 11) is 1.75. The summed E-state index contributed by atoms with van der Waals surface area (Å²) in [5.41, 5.74) is 1.52. The van der Waals surface area contributed by atoms with Gasteiger partial charge >= 0.3 is 0 Å². The number of thioether (sulfide) groups is 1. The van der Waals surface area contributed by atoms with Gasteiger partial charge in [-0.1, -0.05) is 12.1 Å². The van der Waals surface area contributed by atoms with Crippen molar-refractivity contribution < 1.29 is 4.74 Å². The minimum Gasteiger partial charge on any atom is -0.385 e. The van der Waals surface area contributed by atoms with Crippen molar-refractivity contribution in [3.63, 3.8) is 0 Å². The van der Waals surface area contributed by atoms with Gasteiger partial charge in [-0.15, -0.1) is 11.8 Å². The average Bonchev–Trinajstić information content (AvgIpc) is 2.32. The Labute approximate surface area is 116 Å². The molecule has 2 nitrogen and oxygen atoms in total. The highest BCUT2D eigenvalue weighted by atomic mass is 32.2. The maximum atomic E-state index is 5.06. The van der Waals surface area contributed by atoms with Crippen molar-refractivity contribution in [1.82, 2.24) is 5.32 Å². The molecule has 0 fully saturated rings. The van der Waals surface area contributed by atoms with Crippen LogP contribution >= 0.6 is 11.8 Å². The molecule has 0 unspecified atom stereocenters. The largest absolute Gasteiger partial charge is 0.385 e. The zero-order valence-corrected chi connectivity index (χ0v) is 12.8. The molecule has 0 saturated heterocycles. The molecule has 0 spiro atoms. The van der Waals surface area contributed by atoms with Gasteiger partial charge in [-0.2, -0.15) is 0 Å². The van der Waals surface area contributed by atoms with E-state index < -0.39 is 0 Å². The Balaban J connectivity index is 2.41. The zero-order chi connectivity index (χ0) is 13.4. The third-order valence-corrected chi connectivity index (χ3v) is 3.56. The van der Waals surface area contributed by atoms with Gasteiger partial charge < -0.3 is 10.1 Å². The van der Waals surface area contributed by atoms with Crippen molar-refractivity contribution in [1.29, 1.82) is 0 Å². The van der Waals surface area contributed by atoms with Gasteiger partial charge in [0.25, 0.3) is 0 Å². The fourth-order valence-electron chi connectivity index (χ4n) is 1.51. The molecule has 1 aromatic rings. The molecular formula is C15H25NOS. The number of hydrogen-bond acceptors (Lipinski definition) is 3. The Morgan fingerprint density at radius 1 is 1.28 bits per heavy atom. The number of rotatable bonds is 7. The number of nitrogens with one attached hydrogen (secondary N) is 1. The standard InChI is InChI=1S/C15H25NOS/c1-15(2,3)16-12-13-7-5-8-14(11-13)18-10-6-9-17-4/h5,7-8,11,16H,6,9-10,12H2,1-4H3. The number of benzene rings is 1. The highest BCUT2D eigenvalue weighted by Gasteiger charge is 2.08. The first kappa shape index (κ1) is 15.5. The monoisotopic (exact) mass is 267 g/mol. The topological polar surface area (TPSA) is 21.3 Å². The molecule has 0 aliphatic carbocycles. The van der Waals surface area contributed by atoms with Gasteiger partial charge in [-0.3, -0.25) is 0 Å². The molecule has 0 bridgehead atoms. The highest BCUT2D eigenvalue weighted by Crippen LogP contribution is 2.20. The molecule has 0 aromatic heterocycles. The second-order valence-electron chi connectivity index (χ2n) is 5.45. The molecule has 1 N–H and O–H groups in total. The van der Waals surface area contributed by atoms with Crippen LogP contribution < -0.4 is 5.32 Å². The van der Waals surface area contributed by atoms with E-state index in [2.05, 4.69) is 50.4 Å². The summed E-state index contributed by atoms with van der Waals surface area (Å²) in [4.78, 5) is 1.35. The molecular weight excluding hydrogens is 242 g/mol. The lowest BCUT2D eigenvalue weighted by atomic mass is 10.1. The van der Waals surface area contributed by atoms with Crippen molar-refractivity contribution in [2.24, 2.45) is 0 Å². The lowest BCUT2D eigenvalue weighted by molar-refractivity contribution is 0.200. The molecule has 1 rings (SSSR count). The van der Waals surface area contributed by atoms with Crippen LogP contribution in [0.5, 0.6) is 0 Å². The van der Waals surface area contributed by atoms with E-state index in [0.717, 1.165) is 25.3 Å². The van der Waals surface area contributed by atoms with Gasteiger partial charge in [0.2, 0.25) is 0 Å². The van der Waals surface area contributed by atoms with Crippen molar-refractivity contribution in [2.45, 2.75) is 44.2 Å². The molecule has 3 heteroatoms. The minimum absolute atomic E-state index is 0.168. The fraction of sp³-hybridized carbons (Fsp3) is 0.600. The van der Waals surface area contributed by atoms with Crippen LogP contribution in [-0.2, 0) is 11.3 Å². The third-order valence-electron chi connectivity index (χ3n) is 2.48. The van der Waals surface area contributed by atoms with Crippen molar-refractivity contribution in [3.05, 3.63) is 29.8 Å². The predicted molar refractivity (Wildman–Crippen MR) is 80.3 cm³/mol. The van der Waals surface area contributed by atoms with E-state index in [1.54, 1.807) is 7.11 Å². The lowest BCUT2D eigenvalue weighted by Crippen LogP contribution is -2.35. The SMILES string of the molecule is COCCCSc1cccc(CNC(C)(C)C)c1. The Morgan fingerprint density at radius 3 is 2.72 bits per heavy atom. The number of hydrogen-bond donors (Lipinski definition) is 1. The smallest absolute Gasteiger partial charge is 0.0470 e. The number of ether oxygens (including phenoxy) is 1. The molecule has 0 aliphatic rings. The van der Waals surface area contributed by atoms with E-state index in [0.29, 0.717) is 0 Å². The van der Waals surface area contributed by atoms with Crippen LogP contribution in [0.25, 0.3) is 0 Å². The normalized spacial score (nSPS) is 11.8. The first-order chi connectivity index (χ1) is 8.51. The summed E-state index contributed by atoms with van der Waals surface area (Å²) < 4.78 is 5.06. The zero-order valence-electron chi connectivity index (χ0n) is 12.0. The second-order valence-corrected chi connectivity index (χ2v) is 6.61. The minimum atomic E-state index is 0.168. The summed E-state index contributed by atoms with van der Waals surface area (Å²) in [6.07, 6.45) is 1.10. The molecule has 0 amide bonds. The maximum absolute atomic E-state index is 5.06. The molecule has 0 saturated carbocycles. The molecule has 18 heavy (non-hydrogen) atoms. The van der Waals surface area contributed by atoms with Crippen LogP contribution in [0.4, 0.5) is 0 Å². The van der Waals surface area contributed by atoms with Crippen molar-refractivity contribution in [3.8, 4) is 0 Å².